The Morgan fingerprint density at radius 3 is 1.56 bits per heavy atom. The molecule has 0 saturated heterocycles. The van der Waals surface area contributed by atoms with Crippen molar-refractivity contribution in [1.82, 2.24) is 0 Å². The summed E-state index contributed by atoms with van der Waals surface area (Å²) >= 11 is 0. The molecule has 0 N–H and O–H groups in total. The Kier molecular flexibility index (Phi) is 7.74. The maximum atomic E-state index is 12.3. The molecule has 0 radical (unpaired) electrons. The largest absolute Gasteiger partial charge is 0.462 e. The number of hydrogen-bond donors (Lipinski definition) is 0. The van der Waals surface area contributed by atoms with E-state index in [2.05, 4.69) is 0 Å². The lowest BCUT2D eigenvalue weighted by atomic mass is 10.0. The van der Waals surface area contributed by atoms with Crippen LogP contribution < -0.4 is 0 Å². The first-order valence-electron chi connectivity index (χ1n) is 9.07. The van der Waals surface area contributed by atoms with Gasteiger partial charge in [0.15, 0.2) is 0 Å². The smallest absolute Gasteiger partial charge is 0.338 e. The minimum atomic E-state index is -0.368. The van der Waals surface area contributed by atoms with Crippen LogP contribution in [0, 0.1) is 0 Å². The number of benzene rings is 2. The van der Waals surface area contributed by atoms with Crippen molar-refractivity contribution in [3.63, 3.8) is 0 Å². The van der Waals surface area contributed by atoms with Crippen molar-refractivity contribution < 1.29 is 23.9 Å². The predicted molar refractivity (Wildman–Crippen MR) is 102 cm³/mol. The molecular weight excluding hydrogens is 344 g/mol. The second-order valence-electron chi connectivity index (χ2n) is 6.14. The number of ketones is 1. The third-order valence-electron chi connectivity index (χ3n) is 3.89. The van der Waals surface area contributed by atoms with E-state index in [-0.39, 0.29) is 30.6 Å². The molecule has 0 aliphatic carbocycles. The van der Waals surface area contributed by atoms with Crippen LogP contribution in [0.15, 0.2) is 48.5 Å². The van der Waals surface area contributed by atoms with E-state index in [4.69, 9.17) is 9.47 Å². The molecule has 0 aromatic heterocycles. The average Bonchev–Trinajstić information content (AvgIpc) is 2.67. The van der Waals surface area contributed by atoms with Crippen LogP contribution in [-0.4, -0.2) is 30.9 Å². The van der Waals surface area contributed by atoms with Crippen molar-refractivity contribution in [2.45, 2.75) is 33.1 Å². The molecule has 0 heterocycles. The second kappa shape index (κ2) is 10.3. The van der Waals surface area contributed by atoms with E-state index >= 15 is 0 Å². The van der Waals surface area contributed by atoms with Gasteiger partial charge in [0.1, 0.15) is 5.78 Å². The normalized spacial score (nSPS) is 10.3. The highest BCUT2D eigenvalue weighted by Gasteiger charge is 2.10. The molecule has 0 bridgehead atoms. The summed E-state index contributed by atoms with van der Waals surface area (Å²) in [5, 5.41) is 0. The molecule has 0 amide bonds. The zero-order valence-electron chi connectivity index (χ0n) is 15.7. The minimum absolute atomic E-state index is 0.0557. The lowest BCUT2D eigenvalue weighted by Gasteiger charge is -2.06. The summed E-state index contributed by atoms with van der Waals surface area (Å²) in [4.78, 5) is 35.7. The van der Waals surface area contributed by atoms with E-state index in [1.807, 2.05) is 6.92 Å². The van der Waals surface area contributed by atoms with Crippen LogP contribution in [0.4, 0.5) is 0 Å². The first-order chi connectivity index (χ1) is 13.0. The summed E-state index contributed by atoms with van der Waals surface area (Å²) in [5.41, 5.74) is 2.63. The molecule has 0 fully saturated rings. The molecule has 142 valence electrons. The number of carbonyl (C=O) groups is 3. The molecule has 0 unspecified atom stereocenters. The Labute approximate surface area is 159 Å². The zero-order valence-corrected chi connectivity index (χ0v) is 15.7. The molecule has 5 nitrogen and oxygen atoms in total. The van der Waals surface area contributed by atoms with Gasteiger partial charge in [-0.15, -0.1) is 0 Å². The molecule has 5 heteroatoms. The van der Waals surface area contributed by atoms with E-state index in [1.54, 1.807) is 55.5 Å². The fourth-order valence-electron chi connectivity index (χ4n) is 2.53. The third kappa shape index (κ3) is 6.37. The van der Waals surface area contributed by atoms with Gasteiger partial charge in [-0.05, 0) is 48.7 Å². The lowest BCUT2D eigenvalue weighted by molar-refractivity contribution is -0.117. The molecule has 2 aromatic rings. The summed E-state index contributed by atoms with van der Waals surface area (Å²) in [6.07, 6.45) is 1.34. The van der Waals surface area contributed by atoms with Gasteiger partial charge >= 0.3 is 11.9 Å². The van der Waals surface area contributed by atoms with Gasteiger partial charge in [-0.3, -0.25) is 4.79 Å². The Balaban J connectivity index is 1.90. The maximum Gasteiger partial charge on any atom is 0.338 e. The number of esters is 2. The third-order valence-corrected chi connectivity index (χ3v) is 3.89. The Morgan fingerprint density at radius 2 is 1.15 bits per heavy atom. The van der Waals surface area contributed by atoms with Crippen LogP contribution in [0.2, 0.25) is 0 Å². The highest BCUT2D eigenvalue weighted by Crippen LogP contribution is 2.11. The molecule has 0 spiro atoms. The second-order valence-corrected chi connectivity index (χ2v) is 6.14. The molecule has 27 heavy (non-hydrogen) atoms. The number of carbonyl (C=O) groups excluding carboxylic acids is 3. The molecular formula is C22H24O5. The SMILES string of the molecule is CCCOC(=O)c1ccc(CC(=O)Cc2ccc(C(=O)OCC)cc2)cc1. The van der Waals surface area contributed by atoms with E-state index in [1.165, 1.54) is 0 Å². The molecule has 0 saturated carbocycles. The topological polar surface area (TPSA) is 69.7 Å². The fraction of sp³-hybridized carbons (Fsp3) is 0.318. The highest BCUT2D eigenvalue weighted by molar-refractivity contribution is 5.90. The number of ether oxygens (including phenoxy) is 2. The molecule has 2 rings (SSSR count). The molecule has 0 atom stereocenters. The quantitative estimate of drug-likeness (QED) is 0.630. The van der Waals surface area contributed by atoms with Gasteiger partial charge < -0.3 is 9.47 Å². The number of Topliss-reactive ketones (excluding diaryl/α,β-unsaturated/α-hetero) is 1. The Hall–Kier alpha value is -2.95. The monoisotopic (exact) mass is 368 g/mol. The van der Waals surface area contributed by atoms with E-state index in [0.29, 0.717) is 24.3 Å². The van der Waals surface area contributed by atoms with Gasteiger partial charge in [0.2, 0.25) is 0 Å². The standard InChI is InChI=1S/C22H24O5/c1-3-13-27-22(25)19-11-7-17(8-12-19)15-20(23)14-16-5-9-18(10-6-16)21(24)26-4-2/h5-12H,3-4,13-15H2,1-2H3. The van der Waals surface area contributed by atoms with Crippen molar-refractivity contribution >= 4 is 17.7 Å². The summed E-state index contributed by atoms with van der Waals surface area (Å²) in [6, 6.07) is 13.7. The minimum Gasteiger partial charge on any atom is -0.462 e. The van der Waals surface area contributed by atoms with Crippen LogP contribution in [-0.2, 0) is 27.1 Å². The van der Waals surface area contributed by atoms with Crippen molar-refractivity contribution in [2.24, 2.45) is 0 Å². The molecule has 0 aliphatic heterocycles. The lowest BCUT2D eigenvalue weighted by Crippen LogP contribution is -2.09. The molecule has 2 aromatic carbocycles. The fourth-order valence-corrected chi connectivity index (χ4v) is 2.53. The van der Waals surface area contributed by atoms with Crippen LogP contribution in [0.3, 0.4) is 0 Å². The van der Waals surface area contributed by atoms with E-state index < -0.39 is 0 Å². The maximum absolute atomic E-state index is 12.3. The van der Waals surface area contributed by atoms with Gasteiger partial charge in [0.05, 0.1) is 24.3 Å². The Morgan fingerprint density at radius 1 is 0.704 bits per heavy atom. The first kappa shape index (κ1) is 20.4. The highest BCUT2D eigenvalue weighted by atomic mass is 16.5. The van der Waals surface area contributed by atoms with E-state index in [0.717, 1.165) is 17.5 Å². The average molecular weight is 368 g/mol. The summed E-state index contributed by atoms with van der Waals surface area (Å²) in [5.74, 6) is -0.662. The van der Waals surface area contributed by atoms with Gasteiger partial charge in [0, 0.05) is 12.8 Å². The van der Waals surface area contributed by atoms with Crippen molar-refractivity contribution in [1.29, 1.82) is 0 Å². The number of hydrogen-bond acceptors (Lipinski definition) is 5. The predicted octanol–water partition coefficient (Wildman–Crippen LogP) is 3.78. The summed E-state index contributed by atoms with van der Waals surface area (Å²) in [6.45, 7) is 4.42. The zero-order chi connectivity index (χ0) is 19.6. The van der Waals surface area contributed by atoms with Crippen LogP contribution in [0.25, 0.3) is 0 Å². The summed E-state index contributed by atoms with van der Waals surface area (Å²) < 4.78 is 10.0. The first-order valence-corrected chi connectivity index (χ1v) is 9.07. The van der Waals surface area contributed by atoms with Gasteiger partial charge in [0.25, 0.3) is 0 Å². The van der Waals surface area contributed by atoms with Gasteiger partial charge in [-0.25, -0.2) is 9.59 Å². The van der Waals surface area contributed by atoms with Crippen LogP contribution in [0.5, 0.6) is 0 Å². The van der Waals surface area contributed by atoms with Gasteiger partial charge in [-0.2, -0.15) is 0 Å². The van der Waals surface area contributed by atoms with Crippen molar-refractivity contribution in [3.05, 3.63) is 70.8 Å². The van der Waals surface area contributed by atoms with E-state index in [9.17, 15) is 14.4 Å². The Bertz CT molecular complexity index is 775. The van der Waals surface area contributed by atoms with Crippen LogP contribution >= 0.6 is 0 Å². The van der Waals surface area contributed by atoms with Crippen molar-refractivity contribution in [3.8, 4) is 0 Å². The van der Waals surface area contributed by atoms with Gasteiger partial charge in [-0.1, -0.05) is 31.2 Å². The van der Waals surface area contributed by atoms with Crippen molar-refractivity contribution in [2.75, 3.05) is 13.2 Å². The number of rotatable bonds is 9. The molecule has 0 aliphatic rings. The van der Waals surface area contributed by atoms with Crippen LogP contribution in [0.1, 0.15) is 52.1 Å². The summed E-state index contributed by atoms with van der Waals surface area (Å²) in [7, 11) is 0.